The number of nitrogens with one attached hydrogen (secondary N) is 3. The monoisotopic (exact) mass is 444 g/mol. The number of unbranched alkanes of at least 4 members (excludes halogenated alkanes) is 1. The number of hydrogen-bond donors (Lipinski definition) is 7. The van der Waals surface area contributed by atoms with Gasteiger partial charge in [-0.25, -0.2) is 4.79 Å². The largest absolute Gasteiger partial charge is 0.480 e. The van der Waals surface area contributed by atoms with Crippen molar-refractivity contribution in [1.82, 2.24) is 16.0 Å². The normalized spacial score (nSPS) is 13.7. The van der Waals surface area contributed by atoms with Crippen LogP contribution >= 0.6 is 0 Å². The molecule has 31 heavy (non-hydrogen) atoms. The molecule has 0 radical (unpaired) electrons. The maximum Gasteiger partial charge on any atom is 0.326 e. The number of rotatable bonds is 16. The molecule has 12 nitrogen and oxygen atoms in total. The lowest BCUT2D eigenvalue weighted by molar-refractivity contribution is -0.143. The van der Waals surface area contributed by atoms with E-state index in [2.05, 4.69) is 16.0 Å². The SMILES string of the molecule is CC(C)CC(NC(=O)C(CCC(N)=O)NC(=O)C(CCCCN)NC(=O)CN)C(=O)O. The third-order valence-electron chi connectivity index (χ3n) is 4.42. The Balaban J connectivity index is 5.39. The Kier molecular flexibility index (Phi) is 13.8. The molecule has 3 unspecified atom stereocenters. The van der Waals surface area contributed by atoms with E-state index in [0.29, 0.717) is 19.4 Å². The van der Waals surface area contributed by atoms with Gasteiger partial charge in [-0.2, -0.15) is 0 Å². The standard InChI is InChI=1S/C19H36N6O6/c1-11(2)9-14(19(30)31)25-18(29)13(6-7-15(22)26)24-17(28)12(5-3-4-8-20)23-16(27)10-21/h11-14H,3-10,20-21H2,1-2H3,(H2,22,26)(H,23,27)(H,24,28)(H,25,29)(H,30,31). The summed E-state index contributed by atoms with van der Waals surface area (Å²) in [6.45, 7) is 3.71. The zero-order valence-corrected chi connectivity index (χ0v) is 18.2. The summed E-state index contributed by atoms with van der Waals surface area (Å²) in [7, 11) is 0. The second kappa shape index (κ2) is 15.1. The molecule has 0 aliphatic carbocycles. The smallest absolute Gasteiger partial charge is 0.326 e. The highest BCUT2D eigenvalue weighted by Gasteiger charge is 2.29. The molecule has 0 aromatic heterocycles. The van der Waals surface area contributed by atoms with E-state index in [-0.39, 0.29) is 38.1 Å². The van der Waals surface area contributed by atoms with E-state index in [0.717, 1.165) is 0 Å². The first-order chi connectivity index (χ1) is 14.5. The first kappa shape index (κ1) is 28.3. The summed E-state index contributed by atoms with van der Waals surface area (Å²) in [5.41, 5.74) is 15.9. The maximum atomic E-state index is 12.7. The van der Waals surface area contributed by atoms with Gasteiger partial charge in [-0.05, 0) is 44.6 Å². The van der Waals surface area contributed by atoms with Gasteiger partial charge in [-0.1, -0.05) is 13.8 Å². The van der Waals surface area contributed by atoms with Crippen molar-refractivity contribution in [2.75, 3.05) is 13.1 Å². The van der Waals surface area contributed by atoms with Crippen LogP contribution in [0.25, 0.3) is 0 Å². The third kappa shape index (κ3) is 12.5. The molecule has 0 saturated heterocycles. The van der Waals surface area contributed by atoms with E-state index < -0.39 is 47.7 Å². The van der Waals surface area contributed by atoms with Crippen molar-refractivity contribution in [1.29, 1.82) is 0 Å². The fraction of sp³-hybridized carbons (Fsp3) is 0.737. The molecule has 0 heterocycles. The molecule has 0 aliphatic heterocycles. The lowest BCUT2D eigenvalue weighted by Gasteiger charge is -2.25. The highest BCUT2D eigenvalue weighted by Crippen LogP contribution is 2.08. The molecule has 178 valence electrons. The van der Waals surface area contributed by atoms with Crippen molar-refractivity contribution in [2.24, 2.45) is 23.1 Å². The molecule has 0 spiro atoms. The summed E-state index contributed by atoms with van der Waals surface area (Å²) < 4.78 is 0. The van der Waals surface area contributed by atoms with Gasteiger partial charge < -0.3 is 38.3 Å². The van der Waals surface area contributed by atoms with Crippen molar-refractivity contribution < 1.29 is 29.1 Å². The number of amides is 4. The van der Waals surface area contributed by atoms with E-state index in [4.69, 9.17) is 17.2 Å². The number of carboxylic acids is 1. The molecule has 12 heteroatoms. The lowest BCUT2D eigenvalue weighted by atomic mass is 10.0. The Bertz CT molecular complexity index is 627. The fourth-order valence-corrected chi connectivity index (χ4v) is 2.81. The summed E-state index contributed by atoms with van der Waals surface area (Å²) in [6, 6.07) is -3.32. The number of carboxylic acid groups (broad SMARTS) is 1. The zero-order valence-electron chi connectivity index (χ0n) is 18.2. The molecule has 0 fully saturated rings. The van der Waals surface area contributed by atoms with Crippen LogP contribution in [0, 0.1) is 5.92 Å². The van der Waals surface area contributed by atoms with Gasteiger partial charge in [0.05, 0.1) is 6.54 Å². The second-order valence-corrected chi connectivity index (χ2v) is 7.70. The summed E-state index contributed by atoms with van der Waals surface area (Å²) >= 11 is 0. The van der Waals surface area contributed by atoms with Crippen LogP contribution in [0.1, 0.15) is 52.4 Å². The van der Waals surface area contributed by atoms with Gasteiger partial charge in [0.15, 0.2) is 0 Å². The lowest BCUT2D eigenvalue weighted by Crippen LogP contribution is -2.56. The Morgan fingerprint density at radius 3 is 1.84 bits per heavy atom. The van der Waals surface area contributed by atoms with Gasteiger partial charge in [0.25, 0.3) is 0 Å². The van der Waals surface area contributed by atoms with Crippen LogP contribution in [-0.2, 0) is 24.0 Å². The van der Waals surface area contributed by atoms with E-state index in [9.17, 15) is 29.1 Å². The highest BCUT2D eigenvalue weighted by atomic mass is 16.4. The molecule has 0 bridgehead atoms. The Hall–Kier alpha value is -2.73. The summed E-state index contributed by atoms with van der Waals surface area (Å²) in [5, 5.41) is 16.7. The minimum absolute atomic E-state index is 0.00142. The van der Waals surface area contributed by atoms with Gasteiger partial charge in [-0.3, -0.25) is 19.2 Å². The minimum atomic E-state index is -1.21. The Morgan fingerprint density at radius 2 is 1.39 bits per heavy atom. The van der Waals surface area contributed by atoms with Gasteiger partial charge in [0.1, 0.15) is 18.1 Å². The molecule has 10 N–H and O–H groups in total. The predicted octanol–water partition coefficient (Wildman–Crippen LogP) is -2.08. The topological polar surface area (TPSA) is 220 Å². The maximum absolute atomic E-state index is 12.7. The fourth-order valence-electron chi connectivity index (χ4n) is 2.81. The first-order valence-electron chi connectivity index (χ1n) is 10.3. The van der Waals surface area contributed by atoms with E-state index in [1.807, 2.05) is 0 Å². The first-order valence-corrected chi connectivity index (χ1v) is 10.3. The zero-order chi connectivity index (χ0) is 24.0. The van der Waals surface area contributed by atoms with Crippen molar-refractivity contribution in [3.8, 4) is 0 Å². The number of hydrogen-bond acceptors (Lipinski definition) is 7. The molecule has 0 aromatic rings. The summed E-state index contributed by atoms with van der Waals surface area (Å²) in [4.78, 5) is 59.7. The molecule has 0 aliphatic rings. The van der Waals surface area contributed by atoms with Gasteiger partial charge in [0.2, 0.25) is 23.6 Å². The third-order valence-corrected chi connectivity index (χ3v) is 4.42. The molecule has 3 atom stereocenters. The average Bonchev–Trinajstić information content (AvgIpc) is 2.68. The van der Waals surface area contributed by atoms with Gasteiger partial charge in [-0.15, -0.1) is 0 Å². The quantitative estimate of drug-likeness (QED) is 0.131. The second-order valence-electron chi connectivity index (χ2n) is 7.70. The predicted molar refractivity (Wildman–Crippen MR) is 113 cm³/mol. The summed E-state index contributed by atoms with van der Waals surface area (Å²) in [6.07, 6.45) is 1.31. The molecule has 4 amide bonds. The number of aliphatic carboxylic acids is 1. The number of nitrogens with two attached hydrogens (primary N) is 3. The van der Waals surface area contributed by atoms with Crippen LogP contribution in [0.15, 0.2) is 0 Å². The van der Waals surface area contributed by atoms with Gasteiger partial charge >= 0.3 is 5.97 Å². The highest BCUT2D eigenvalue weighted by molar-refractivity contribution is 5.93. The molecular weight excluding hydrogens is 408 g/mol. The van der Waals surface area contributed by atoms with Gasteiger partial charge in [0, 0.05) is 6.42 Å². The van der Waals surface area contributed by atoms with E-state index in [1.165, 1.54) is 0 Å². The minimum Gasteiger partial charge on any atom is -0.480 e. The number of carbonyl (C=O) groups is 5. The van der Waals surface area contributed by atoms with Crippen LogP contribution in [0.5, 0.6) is 0 Å². The van der Waals surface area contributed by atoms with Crippen molar-refractivity contribution >= 4 is 29.6 Å². The van der Waals surface area contributed by atoms with Crippen molar-refractivity contribution in [2.45, 2.75) is 70.5 Å². The van der Waals surface area contributed by atoms with E-state index >= 15 is 0 Å². The summed E-state index contributed by atoms with van der Waals surface area (Å²) in [5.74, 6) is -3.85. The molecule has 0 rings (SSSR count). The van der Waals surface area contributed by atoms with Crippen molar-refractivity contribution in [3.05, 3.63) is 0 Å². The van der Waals surface area contributed by atoms with Crippen LogP contribution in [0.4, 0.5) is 0 Å². The van der Waals surface area contributed by atoms with Crippen LogP contribution < -0.4 is 33.2 Å². The van der Waals surface area contributed by atoms with E-state index in [1.54, 1.807) is 13.8 Å². The number of primary amides is 1. The van der Waals surface area contributed by atoms with Crippen LogP contribution in [0.3, 0.4) is 0 Å². The Morgan fingerprint density at radius 1 is 0.839 bits per heavy atom. The number of carbonyl (C=O) groups excluding carboxylic acids is 4. The average molecular weight is 445 g/mol. The molecule has 0 saturated carbocycles. The van der Waals surface area contributed by atoms with Crippen molar-refractivity contribution in [3.63, 3.8) is 0 Å². The molecular formula is C19H36N6O6. The molecule has 0 aromatic carbocycles. The van der Waals surface area contributed by atoms with Crippen LogP contribution in [-0.4, -0.2) is 65.9 Å². The Labute approximate surface area is 182 Å². The van der Waals surface area contributed by atoms with Crippen LogP contribution in [0.2, 0.25) is 0 Å².